The molecule has 0 aliphatic carbocycles. The van der Waals surface area contributed by atoms with E-state index in [0.717, 1.165) is 44.0 Å². The summed E-state index contributed by atoms with van der Waals surface area (Å²) in [5.74, 6) is 0.598. The molecule has 7 heteroatoms. The van der Waals surface area contributed by atoms with Crippen molar-refractivity contribution in [3.05, 3.63) is 47.0 Å². The average Bonchev–Trinajstić information content (AvgIpc) is 3.24. The lowest BCUT2D eigenvalue weighted by Gasteiger charge is -2.06. The zero-order valence-corrected chi connectivity index (χ0v) is 16.7. The number of nitrogens with zero attached hydrogens (tertiary/aromatic N) is 2. The van der Waals surface area contributed by atoms with Crippen LogP contribution in [-0.4, -0.2) is 22.5 Å². The molecule has 0 radical (unpaired) electrons. The van der Waals surface area contributed by atoms with Gasteiger partial charge in [0.25, 0.3) is 5.91 Å². The number of amides is 1. The number of ether oxygens (including phenoxy) is 1. The average molecular weight is 398 g/mol. The first-order valence-electron chi connectivity index (χ1n) is 8.85. The Kier molecular flexibility index (Phi) is 5.05. The number of carbonyl (C=O) groups excluding carboxylic acids is 1. The van der Waals surface area contributed by atoms with E-state index in [0.29, 0.717) is 17.3 Å². The van der Waals surface area contributed by atoms with Crippen molar-refractivity contribution in [3.8, 4) is 5.75 Å². The van der Waals surface area contributed by atoms with Crippen LogP contribution in [-0.2, 0) is 0 Å². The highest BCUT2D eigenvalue weighted by molar-refractivity contribution is 7.24. The van der Waals surface area contributed by atoms with Gasteiger partial charge in [0, 0.05) is 5.56 Å². The molecule has 0 fully saturated rings. The molecular weight excluding hydrogens is 378 g/mol. The molecule has 2 aromatic carbocycles. The van der Waals surface area contributed by atoms with Gasteiger partial charge in [-0.05, 0) is 49.7 Å². The van der Waals surface area contributed by atoms with Crippen molar-refractivity contribution in [3.63, 3.8) is 0 Å². The number of benzene rings is 2. The Bertz CT molecular complexity index is 1100. The molecule has 4 rings (SSSR count). The summed E-state index contributed by atoms with van der Waals surface area (Å²) in [6.45, 7) is 4.81. The topological polar surface area (TPSA) is 64.1 Å². The van der Waals surface area contributed by atoms with Gasteiger partial charge in [-0.25, -0.2) is 9.97 Å². The molecule has 0 aliphatic rings. The van der Waals surface area contributed by atoms with Crippen molar-refractivity contribution >= 4 is 54.1 Å². The number of unbranched alkanes of at least 4 members (excludes halogenated alkanes) is 1. The Balaban J connectivity index is 1.51. The SMILES string of the molecule is CCCCOc1ccc(C(=O)Nc2nc3ccc4sc(C)nc4c3s2)cc1. The first kappa shape index (κ1) is 17.9. The van der Waals surface area contributed by atoms with Crippen molar-refractivity contribution in [2.24, 2.45) is 0 Å². The molecule has 2 heterocycles. The Morgan fingerprint density at radius 2 is 1.93 bits per heavy atom. The normalized spacial score (nSPS) is 11.2. The summed E-state index contributed by atoms with van der Waals surface area (Å²) in [6.07, 6.45) is 2.11. The van der Waals surface area contributed by atoms with Crippen LogP contribution in [0, 0.1) is 6.92 Å². The molecule has 27 heavy (non-hydrogen) atoms. The molecule has 1 N–H and O–H groups in total. The minimum atomic E-state index is -0.181. The maximum Gasteiger partial charge on any atom is 0.257 e. The van der Waals surface area contributed by atoms with Gasteiger partial charge in [0.2, 0.25) is 0 Å². The standard InChI is InChI=1S/C20H19N3O2S2/c1-3-4-11-25-14-7-5-13(6-8-14)19(24)23-20-22-15-9-10-16-17(18(15)27-20)21-12(2)26-16/h5-10H,3-4,11H2,1-2H3,(H,22,23,24). The summed E-state index contributed by atoms with van der Waals surface area (Å²) in [5, 5.41) is 4.50. The van der Waals surface area contributed by atoms with E-state index in [1.165, 1.54) is 11.3 Å². The number of aryl methyl sites for hydroxylation is 1. The molecule has 1 amide bonds. The maximum atomic E-state index is 12.5. The summed E-state index contributed by atoms with van der Waals surface area (Å²) in [4.78, 5) is 21.7. The van der Waals surface area contributed by atoms with Crippen molar-refractivity contribution in [2.45, 2.75) is 26.7 Å². The fourth-order valence-electron chi connectivity index (χ4n) is 2.75. The zero-order valence-electron chi connectivity index (χ0n) is 15.1. The molecule has 0 aliphatic heterocycles. The van der Waals surface area contributed by atoms with E-state index in [-0.39, 0.29) is 5.91 Å². The van der Waals surface area contributed by atoms with Gasteiger partial charge in [0.15, 0.2) is 5.13 Å². The largest absolute Gasteiger partial charge is 0.494 e. The van der Waals surface area contributed by atoms with Gasteiger partial charge in [-0.3, -0.25) is 10.1 Å². The number of anilines is 1. The number of carbonyl (C=O) groups is 1. The predicted octanol–water partition coefficient (Wildman–Crippen LogP) is 5.65. The summed E-state index contributed by atoms with van der Waals surface area (Å²) < 4.78 is 7.78. The zero-order chi connectivity index (χ0) is 18.8. The third kappa shape index (κ3) is 3.79. The lowest BCUT2D eigenvalue weighted by atomic mass is 10.2. The molecule has 5 nitrogen and oxygen atoms in total. The molecule has 0 saturated heterocycles. The monoisotopic (exact) mass is 397 g/mol. The Morgan fingerprint density at radius 3 is 2.70 bits per heavy atom. The molecule has 4 aromatic rings. The number of rotatable bonds is 6. The van der Waals surface area contributed by atoms with Crippen molar-refractivity contribution in [1.29, 1.82) is 0 Å². The van der Waals surface area contributed by atoms with Crippen LogP contribution < -0.4 is 10.1 Å². The maximum absolute atomic E-state index is 12.5. The highest BCUT2D eigenvalue weighted by atomic mass is 32.1. The third-order valence-electron chi connectivity index (χ3n) is 4.12. The van der Waals surface area contributed by atoms with Crippen molar-refractivity contribution in [1.82, 2.24) is 9.97 Å². The van der Waals surface area contributed by atoms with E-state index in [2.05, 4.69) is 22.2 Å². The quantitative estimate of drug-likeness (QED) is 0.427. The number of nitrogens with one attached hydrogen (secondary N) is 1. The van der Waals surface area contributed by atoms with E-state index in [4.69, 9.17) is 4.74 Å². The minimum absolute atomic E-state index is 0.181. The van der Waals surface area contributed by atoms with Crippen LogP contribution in [0.3, 0.4) is 0 Å². The number of hydrogen-bond acceptors (Lipinski definition) is 6. The predicted molar refractivity (Wildman–Crippen MR) is 112 cm³/mol. The fraction of sp³-hybridized carbons (Fsp3) is 0.250. The van der Waals surface area contributed by atoms with Gasteiger partial charge in [-0.15, -0.1) is 11.3 Å². The van der Waals surface area contributed by atoms with Crippen LogP contribution in [0.5, 0.6) is 5.75 Å². The van der Waals surface area contributed by atoms with Gasteiger partial charge in [-0.2, -0.15) is 0 Å². The summed E-state index contributed by atoms with van der Waals surface area (Å²) in [6, 6.07) is 11.2. The molecule has 138 valence electrons. The van der Waals surface area contributed by atoms with Gasteiger partial charge in [0.1, 0.15) is 11.3 Å². The number of aromatic nitrogens is 2. The van der Waals surface area contributed by atoms with Gasteiger partial charge in [-0.1, -0.05) is 24.7 Å². The van der Waals surface area contributed by atoms with Gasteiger partial charge in [0.05, 0.1) is 26.5 Å². The molecule has 0 bridgehead atoms. The van der Waals surface area contributed by atoms with Crippen LogP contribution in [0.15, 0.2) is 36.4 Å². The second-order valence-electron chi connectivity index (χ2n) is 6.19. The first-order valence-corrected chi connectivity index (χ1v) is 10.5. The molecule has 0 spiro atoms. The molecule has 0 unspecified atom stereocenters. The molecule has 0 saturated carbocycles. The number of hydrogen-bond donors (Lipinski definition) is 1. The van der Waals surface area contributed by atoms with Gasteiger partial charge >= 0.3 is 0 Å². The second kappa shape index (κ2) is 7.62. The Labute approximate surface area is 165 Å². The Morgan fingerprint density at radius 1 is 1.11 bits per heavy atom. The summed E-state index contributed by atoms with van der Waals surface area (Å²) in [7, 11) is 0. The first-order chi connectivity index (χ1) is 13.1. The van der Waals surface area contributed by atoms with Crippen LogP contribution in [0.2, 0.25) is 0 Å². The van der Waals surface area contributed by atoms with Gasteiger partial charge < -0.3 is 4.74 Å². The highest BCUT2D eigenvalue weighted by Crippen LogP contribution is 2.34. The van der Waals surface area contributed by atoms with Crippen LogP contribution in [0.1, 0.15) is 35.1 Å². The van der Waals surface area contributed by atoms with E-state index in [9.17, 15) is 4.79 Å². The highest BCUT2D eigenvalue weighted by Gasteiger charge is 2.13. The Hall–Kier alpha value is -2.51. The molecular formula is C20H19N3O2S2. The van der Waals surface area contributed by atoms with E-state index >= 15 is 0 Å². The summed E-state index contributed by atoms with van der Waals surface area (Å²) >= 11 is 3.12. The van der Waals surface area contributed by atoms with Crippen LogP contribution >= 0.6 is 22.7 Å². The molecule has 2 aromatic heterocycles. The smallest absolute Gasteiger partial charge is 0.257 e. The number of thiazole rings is 2. The van der Waals surface area contributed by atoms with E-state index in [1.807, 2.05) is 31.2 Å². The van der Waals surface area contributed by atoms with Crippen LogP contribution in [0.4, 0.5) is 5.13 Å². The van der Waals surface area contributed by atoms with Crippen LogP contribution in [0.25, 0.3) is 20.4 Å². The minimum Gasteiger partial charge on any atom is -0.494 e. The lowest BCUT2D eigenvalue weighted by molar-refractivity contribution is 0.102. The van der Waals surface area contributed by atoms with Crippen molar-refractivity contribution in [2.75, 3.05) is 11.9 Å². The number of fused-ring (bicyclic) bond motifs is 3. The summed E-state index contributed by atoms with van der Waals surface area (Å²) in [5.41, 5.74) is 2.39. The lowest BCUT2D eigenvalue weighted by Crippen LogP contribution is -2.11. The second-order valence-corrected chi connectivity index (χ2v) is 8.43. The van der Waals surface area contributed by atoms with E-state index < -0.39 is 0 Å². The van der Waals surface area contributed by atoms with E-state index in [1.54, 1.807) is 23.5 Å². The third-order valence-corrected chi connectivity index (χ3v) is 6.05. The fourth-order valence-corrected chi connectivity index (χ4v) is 4.60. The van der Waals surface area contributed by atoms with Crippen molar-refractivity contribution < 1.29 is 9.53 Å². The molecule has 0 atom stereocenters.